The van der Waals surface area contributed by atoms with Crippen LogP contribution in [-0.4, -0.2) is 52.1 Å². The molecule has 1 aromatic heterocycles. The summed E-state index contributed by atoms with van der Waals surface area (Å²) in [6.45, 7) is 0.576. The van der Waals surface area contributed by atoms with Crippen molar-refractivity contribution in [2.45, 2.75) is 37.6 Å². The van der Waals surface area contributed by atoms with Crippen LogP contribution in [0.5, 0.6) is 0 Å². The lowest BCUT2D eigenvalue weighted by molar-refractivity contribution is 0.113. The van der Waals surface area contributed by atoms with E-state index in [4.69, 9.17) is 11.6 Å². The molecule has 0 aliphatic heterocycles. The Labute approximate surface area is 200 Å². The zero-order valence-corrected chi connectivity index (χ0v) is 19.6. The van der Waals surface area contributed by atoms with Gasteiger partial charge in [-0.25, -0.2) is 18.2 Å². The van der Waals surface area contributed by atoms with E-state index in [1.54, 1.807) is 0 Å². The summed E-state index contributed by atoms with van der Waals surface area (Å²) in [5.74, 6) is -2.82. The van der Waals surface area contributed by atoms with Crippen molar-refractivity contribution in [3.8, 4) is 0 Å². The summed E-state index contributed by atoms with van der Waals surface area (Å²) in [7, 11) is 4.08. The van der Waals surface area contributed by atoms with E-state index in [1.165, 1.54) is 18.6 Å². The third kappa shape index (κ3) is 4.65. The van der Waals surface area contributed by atoms with E-state index < -0.39 is 17.5 Å². The first-order valence-electron chi connectivity index (χ1n) is 11.0. The molecule has 0 spiro atoms. The average Bonchev–Trinajstić information content (AvgIpc) is 3.26. The Bertz CT molecular complexity index is 1220. The molecule has 2 aromatic carbocycles. The number of hydrogen-bond acceptors (Lipinski definition) is 5. The van der Waals surface area contributed by atoms with Crippen molar-refractivity contribution in [3.05, 3.63) is 52.3 Å². The second kappa shape index (κ2) is 9.71. The van der Waals surface area contributed by atoms with Gasteiger partial charge in [0.25, 0.3) is 0 Å². The number of amidine groups is 1. The number of aromatic nitrogens is 2. The third-order valence-electron chi connectivity index (χ3n) is 6.52. The molecular weight excluding hydrogens is 469 g/mol. The largest absolute Gasteiger partial charge is 0.409 e. The Kier molecular flexibility index (Phi) is 6.90. The molecule has 4 rings (SSSR count). The number of halogens is 4. The Morgan fingerprint density at radius 3 is 2.56 bits per heavy atom. The number of oxime groups is 1. The van der Waals surface area contributed by atoms with Crippen molar-refractivity contribution < 1.29 is 18.4 Å². The molecule has 3 aromatic rings. The molecule has 4 N–H and O–H groups in total. The highest BCUT2D eigenvalue weighted by Crippen LogP contribution is 2.33. The molecule has 0 unspecified atom stereocenters. The van der Waals surface area contributed by atoms with E-state index in [1.807, 2.05) is 14.1 Å². The summed E-state index contributed by atoms with van der Waals surface area (Å²) >= 11 is 5.81. The van der Waals surface area contributed by atoms with Crippen molar-refractivity contribution in [2.75, 3.05) is 31.3 Å². The fourth-order valence-corrected chi connectivity index (χ4v) is 4.65. The first kappa shape index (κ1) is 24.2. The highest BCUT2D eigenvalue weighted by Gasteiger charge is 2.34. The molecule has 0 saturated heterocycles. The third-order valence-corrected chi connectivity index (χ3v) is 6.81. The van der Waals surface area contributed by atoms with Crippen LogP contribution in [0.15, 0.2) is 29.4 Å². The number of aromatic amines is 1. The number of rotatable bonds is 6. The molecule has 7 nitrogen and oxygen atoms in total. The van der Waals surface area contributed by atoms with Gasteiger partial charge in [-0.05, 0) is 51.2 Å². The van der Waals surface area contributed by atoms with Crippen molar-refractivity contribution in [3.63, 3.8) is 0 Å². The van der Waals surface area contributed by atoms with Gasteiger partial charge < -0.3 is 25.7 Å². The fraction of sp³-hybridized carbons (Fsp3) is 0.391. The maximum atomic E-state index is 14.6. The van der Waals surface area contributed by atoms with E-state index in [0.717, 1.165) is 37.8 Å². The van der Waals surface area contributed by atoms with Gasteiger partial charge in [0.15, 0.2) is 17.5 Å². The quantitative estimate of drug-likeness (QED) is 0.156. The number of anilines is 2. The van der Waals surface area contributed by atoms with Crippen LogP contribution < -0.4 is 10.6 Å². The fourth-order valence-electron chi connectivity index (χ4n) is 4.47. The Morgan fingerprint density at radius 1 is 1.18 bits per heavy atom. The van der Waals surface area contributed by atoms with Gasteiger partial charge in [-0.15, -0.1) is 0 Å². The zero-order chi connectivity index (χ0) is 24.5. The van der Waals surface area contributed by atoms with Crippen molar-refractivity contribution >= 4 is 40.1 Å². The van der Waals surface area contributed by atoms with Gasteiger partial charge in [-0.1, -0.05) is 36.0 Å². The normalized spacial score (nSPS) is 16.3. The van der Waals surface area contributed by atoms with Gasteiger partial charge in [-0.2, -0.15) is 0 Å². The van der Waals surface area contributed by atoms with Crippen LogP contribution in [0.3, 0.4) is 0 Å². The predicted octanol–water partition coefficient (Wildman–Crippen LogP) is 5.56. The lowest BCUT2D eigenvalue weighted by Gasteiger charge is -2.43. The molecule has 1 fully saturated rings. The number of benzene rings is 2. The number of imidazole rings is 1. The van der Waals surface area contributed by atoms with Crippen LogP contribution in [0.2, 0.25) is 5.02 Å². The van der Waals surface area contributed by atoms with Crippen molar-refractivity contribution in [1.29, 1.82) is 0 Å². The summed E-state index contributed by atoms with van der Waals surface area (Å²) in [4.78, 5) is 9.40. The topological polar surface area (TPSA) is 88.6 Å². The summed E-state index contributed by atoms with van der Waals surface area (Å²) in [5.41, 5.74) is 0.167. The zero-order valence-electron chi connectivity index (χ0n) is 18.9. The minimum atomic E-state index is -1.15. The highest BCUT2D eigenvalue weighted by molar-refractivity contribution is 6.31. The SMILES string of the molecule is CN(C)C1(CNc2nc3c(F)c(F)cc(/C(=N\O)Nc4ccc(F)c(Cl)c4)c3[nH]2)CCCCC1. The van der Waals surface area contributed by atoms with E-state index in [9.17, 15) is 18.4 Å². The van der Waals surface area contributed by atoms with Crippen molar-refractivity contribution in [1.82, 2.24) is 14.9 Å². The molecule has 1 heterocycles. The summed E-state index contributed by atoms with van der Waals surface area (Å²) in [6.07, 6.45) is 5.49. The monoisotopic (exact) mass is 494 g/mol. The lowest BCUT2D eigenvalue weighted by atomic mass is 9.80. The minimum absolute atomic E-state index is 0.0392. The maximum Gasteiger partial charge on any atom is 0.201 e. The highest BCUT2D eigenvalue weighted by atomic mass is 35.5. The minimum Gasteiger partial charge on any atom is -0.409 e. The lowest BCUT2D eigenvalue weighted by Crippen LogP contribution is -2.51. The van der Waals surface area contributed by atoms with Gasteiger partial charge in [0, 0.05) is 23.3 Å². The van der Waals surface area contributed by atoms with Crippen LogP contribution in [-0.2, 0) is 0 Å². The molecule has 11 heteroatoms. The van der Waals surface area contributed by atoms with Gasteiger partial charge >= 0.3 is 0 Å². The Balaban J connectivity index is 1.66. The molecule has 34 heavy (non-hydrogen) atoms. The van der Waals surface area contributed by atoms with E-state index >= 15 is 0 Å². The molecule has 0 atom stereocenters. The summed E-state index contributed by atoms with van der Waals surface area (Å²) in [6, 6.07) is 4.68. The predicted molar refractivity (Wildman–Crippen MR) is 127 cm³/mol. The molecule has 182 valence electrons. The van der Waals surface area contributed by atoms with Gasteiger partial charge in [0.2, 0.25) is 5.95 Å². The van der Waals surface area contributed by atoms with Crippen LogP contribution in [0.1, 0.15) is 37.7 Å². The van der Waals surface area contributed by atoms with Crippen LogP contribution in [0, 0.1) is 17.5 Å². The molecule has 0 amide bonds. The first-order chi connectivity index (χ1) is 16.2. The second-order valence-corrected chi connectivity index (χ2v) is 9.17. The number of fused-ring (bicyclic) bond motifs is 1. The van der Waals surface area contributed by atoms with Crippen LogP contribution in [0.4, 0.5) is 24.8 Å². The smallest absolute Gasteiger partial charge is 0.201 e. The number of H-pyrrole nitrogens is 1. The molecule has 0 bridgehead atoms. The Morgan fingerprint density at radius 2 is 1.91 bits per heavy atom. The molecule has 1 saturated carbocycles. The first-order valence-corrected chi connectivity index (χ1v) is 11.4. The van der Waals surface area contributed by atoms with Gasteiger partial charge in [-0.3, -0.25) is 0 Å². The average molecular weight is 495 g/mol. The summed E-state index contributed by atoms with van der Waals surface area (Å²) in [5, 5.41) is 18.6. The summed E-state index contributed by atoms with van der Waals surface area (Å²) < 4.78 is 42.5. The Hall–Kier alpha value is -2.98. The maximum absolute atomic E-state index is 14.6. The molecule has 1 aliphatic carbocycles. The number of nitrogens with zero attached hydrogens (tertiary/aromatic N) is 3. The van der Waals surface area contributed by atoms with Crippen LogP contribution >= 0.6 is 11.6 Å². The van der Waals surface area contributed by atoms with Crippen LogP contribution in [0.25, 0.3) is 11.0 Å². The van der Waals surface area contributed by atoms with Crippen molar-refractivity contribution in [2.24, 2.45) is 5.16 Å². The van der Waals surface area contributed by atoms with E-state index in [-0.39, 0.29) is 38.9 Å². The van der Waals surface area contributed by atoms with Gasteiger partial charge in [0.05, 0.1) is 10.5 Å². The molecular formula is C23H26ClF3N6O. The standard InChI is InChI=1S/C23H26ClF3N6O/c1-33(2)23(8-4-3-5-9-23)12-28-22-30-19-14(11-17(26)18(27)20(19)31-22)21(32-34)29-13-6-7-16(25)15(24)10-13/h6-7,10-11,34H,3-5,8-9,12H2,1-2H3,(H,29,32)(H2,28,30,31). The van der Waals surface area contributed by atoms with Gasteiger partial charge in [0.1, 0.15) is 11.3 Å². The van der Waals surface area contributed by atoms with E-state index in [0.29, 0.717) is 12.2 Å². The molecule has 0 radical (unpaired) electrons. The molecule has 1 aliphatic rings. The number of nitrogens with one attached hydrogen (secondary N) is 3. The number of likely N-dealkylation sites (N-methyl/N-ethyl adjacent to an activating group) is 1. The number of hydrogen-bond donors (Lipinski definition) is 4. The second-order valence-electron chi connectivity index (χ2n) is 8.76. The van der Waals surface area contributed by atoms with E-state index in [2.05, 4.69) is 30.7 Å².